The Hall–Kier alpha value is -1.03. The molecule has 17 heavy (non-hydrogen) atoms. The van der Waals surface area contributed by atoms with Crippen LogP contribution < -0.4 is 0 Å². The first-order valence-corrected chi connectivity index (χ1v) is 7.27. The van der Waals surface area contributed by atoms with E-state index in [2.05, 4.69) is 20.9 Å². The summed E-state index contributed by atoms with van der Waals surface area (Å²) in [5, 5.41) is 13.4. The SMILES string of the molecule is Cc1csc([C@@H](C#N)C(=O)c2sccc2Br)n1. The van der Waals surface area contributed by atoms with Crippen molar-refractivity contribution in [2.45, 2.75) is 12.8 Å². The van der Waals surface area contributed by atoms with E-state index >= 15 is 0 Å². The van der Waals surface area contributed by atoms with Gasteiger partial charge in [0, 0.05) is 15.5 Å². The summed E-state index contributed by atoms with van der Waals surface area (Å²) in [6.45, 7) is 1.85. The highest BCUT2D eigenvalue weighted by atomic mass is 79.9. The number of thiophene rings is 1. The predicted molar refractivity (Wildman–Crippen MR) is 71.6 cm³/mol. The smallest absolute Gasteiger partial charge is 0.197 e. The van der Waals surface area contributed by atoms with Gasteiger partial charge in [0.1, 0.15) is 5.01 Å². The van der Waals surface area contributed by atoms with E-state index < -0.39 is 5.92 Å². The molecule has 86 valence electrons. The number of carbonyl (C=O) groups is 1. The fourth-order valence-corrected chi connectivity index (χ4v) is 3.71. The van der Waals surface area contributed by atoms with Gasteiger partial charge in [0.05, 0.1) is 10.9 Å². The van der Waals surface area contributed by atoms with Gasteiger partial charge in [-0.2, -0.15) is 5.26 Å². The summed E-state index contributed by atoms with van der Waals surface area (Å²) < 4.78 is 0.737. The lowest BCUT2D eigenvalue weighted by Crippen LogP contribution is -2.10. The molecule has 0 aliphatic carbocycles. The van der Waals surface area contributed by atoms with Crippen molar-refractivity contribution in [2.75, 3.05) is 0 Å². The summed E-state index contributed by atoms with van der Waals surface area (Å²) in [6, 6.07) is 3.84. The first-order chi connectivity index (χ1) is 8.13. The molecule has 0 N–H and O–H groups in total. The van der Waals surface area contributed by atoms with E-state index in [1.165, 1.54) is 22.7 Å². The topological polar surface area (TPSA) is 53.8 Å². The van der Waals surface area contributed by atoms with E-state index in [0.717, 1.165) is 10.2 Å². The van der Waals surface area contributed by atoms with E-state index in [1.54, 1.807) is 6.07 Å². The molecule has 2 heterocycles. The van der Waals surface area contributed by atoms with Gasteiger partial charge in [0.25, 0.3) is 0 Å². The van der Waals surface area contributed by atoms with Crippen molar-refractivity contribution in [2.24, 2.45) is 0 Å². The minimum Gasteiger partial charge on any atom is -0.291 e. The zero-order chi connectivity index (χ0) is 12.4. The second-order valence-electron chi connectivity index (χ2n) is 3.35. The fourth-order valence-electron chi connectivity index (χ4n) is 1.33. The first kappa shape index (κ1) is 12.4. The predicted octanol–water partition coefficient (Wildman–Crippen LogP) is 3.77. The number of carbonyl (C=O) groups excluding carboxylic acids is 1. The number of hydrogen-bond donors (Lipinski definition) is 0. The Kier molecular flexibility index (Phi) is 3.72. The van der Waals surface area contributed by atoms with Gasteiger partial charge in [-0.25, -0.2) is 4.98 Å². The van der Waals surface area contributed by atoms with Crippen molar-refractivity contribution < 1.29 is 4.79 Å². The van der Waals surface area contributed by atoms with Crippen LogP contribution in [-0.4, -0.2) is 10.8 Å². The van der Waals surface area contributed by atoms with E-state index in [-0.39, 0.29) is 5.78 Å². The van der Waals surface area contributed by atoms with Gasteiger partial charge in [0.15, 0.2) is 11.7 Å². The van der Waals surface area contributed by atoms with Crippen molar-refractivity contribution in [3.63, 3.8) is 0 Å². The van der Waals surface area contributed by atoms with Crippen LogP contribution in [0.1, 0.15) is 26.3 Å². The molecule has 0 aromatic carbocycles. The number of aromatic nitrogens is 1. The number of aryl methyl sites for hydroxylation is 1. The van der Waals surface area contributed by atoms with Crippen LogP contribution >= 0.6 is 38.6 Å². The van der Waals surface area contributed by atoms with Crippen LogP contribution in [0.3, 0.4) is 0 Å². The fraction of sp³-hybridized carbons (Fsp3) is 0.182. The van der Waals surface area contributed by atoms with E-state index in [1.807, 2.05) is 23.8 Å². The summed E-state index contributed by atoms with van der Waals surface area (Å²) >= 11 is 5.99. The Morgan fingerprint density at radius 3 is 2.82 bits per heavy atom. The molecule has 3 nitrogen and oxygen atoms in total. The molecule has 0 saturated carbocycles. The third-order valence-electron chi connectivity index (χ3n) is 2.12. The van der Waals surface area contributed by atoms with Crippen LogP contribution in [0, 0.1) is 18.3 Å². The van der Waals surface area contributed by atoms with Crippen molar-refractivity contribution in [3.05, 3.63) is 36.9 Å². The maximum absolute atomic E-state index is 12.2. The van der Waals surface area contributed by atoms with Crippen LogP contribution in [0.5, 0.6) is 0 Å². The molecule has 1 atom stereocenters. The number of nitriles is 1. The maximum atomic E-state index is 12.2. The van der Waals surface area contributed by atoms with E-state index in [9.17, 15) is 4.79 Å². The van der Waals surface area contributed by atoms with Gasteiger partial charge in [0.2, 0.25) is 0 Å². The molecule has 0 aliphatic heterocycles. The van der Waals surface area contributed by atoms with Crippen molar-refractivity contribution >= 4 is 44.4 Å². The number of ketones is 1. The molecular formula is C11H7BrN2OS2. The molecule has 6 heteroatoms. The van der Waals surface area contributed by atoms with Gasteiger partial charge in [-0.1, -0.05) is 0 Å². The number of Topliss-reactive ketones (excluding diaryl/α,β-unsaturated/α-hetero) is 1. The molecule has 0 fully saturated rings. The van der Waals surface area contributed by atoms with Gasteiger partial charge >= 0.3 is 0 Å². The lowest BCUT2D eigenvalue weighted by atomic mass is 10.1. The third-order valence-corrected chi connectivity index (χ3v) is 5.00. The Bertz CT molecular complexity index is 597. The van der Waals surface area contributed by atoms with Crippen LogP contribution in [0.2, 0.25) is 0 Å². The highest BCUT2D eigenvalue weighted by Crippen LogP contribution is 2.30. The molecule has 0 saturated heterocycles. The van der Waals surface area contributed by atoms with Crippen LogP contribution in [0.4, 0.5) is 0 Å². The second kappa shape index (κ2) is 5.08. The highest BCUT2D eigenvalue weighted by molar-refractivity contribution is 9.10. The monoisotopic (exact) mass is 326 g/mol. The molecular weight excluding hydrogens is 320 g/mol. The molecule has 0 amide bonds. The van der Waals surface area contributed by atoms with Crippen LogP contribution in [-0.2, 0) is 0 Å². The molecule has 2 rings (SSSR count). The number of halogens is 1. The molecule has 2 aromatic heterocycles. The zero-order valence-corrected chi connectivity index (χ0v) is 12.0. The molecule has 0 unspecified atom stereocenters. The Balaban J connectivity index is 2.36. The zero-order valence-electron chi connectivity index (χ0n) is 8.81. The summed E-state index contributed by atoms with van der Waals surface area (Å²) in [6.07, 6.45) is 0. The Morgan fingerprint density at radius 1 is 1.59 bits per heavy atom. The average molecular weight is 327 g/mol. The Morgan fingerprint density at radius 2 is 2.35 bits per heavy atom. The van der Waals surface area contributed by atoms with Crippen LogP contribution in [0.15, 0.2) is 21.3 Å². The average Bonchev–Trinajstić information content (AvgIpc) is 2.88. The van der Waals surface area contributed by atoms with Crippen molar-refractivity contribution in [1.29, 1.82) is 5.26 Å². The summed E-state index contributed by atoms with van der Waals surface area (Å²) in [7, 11) is 0. The number of rotatable bonds is 3. The summed E-state index contributed by atoms with van der Waals surface area (Å²) in [5.74, 6) is -0.993. The minimum atomic E-state index is -0.802. The number of thiazole rings is 1. The lowest BCUT2D eigenvalue weighted by Gasteiger charge is -2.03. The molecule has 0 spiro atoms. The van der Waals surface area contributed by atoms with Gasteiger partial charge in [-0.05, 0) is 34.3 Å². The molecule has 0 aliphatic rings. The van der Waals surface area contributed by atoms with Crippen LogP contribution in [0.25, 0.3) is 0 Å². The number of nitrogens with zero attached hydrogens (tertiary/aromatic N) is 2. The second-order valence-corrected chi connectivity index (χ2v) is 6.01. The van der Waals surface area contributed by atoms with Crippen molar-refractivity contribution in [3.8, 4) is 6.07 Å². The summed E-state index contributed by atoms with van der Waals surface area (Å²) in [4.78, 5) is 17.0. The molecule has 0 bridgehead atoms. The van der Waals surface area contributed by atoms with E-state index in [0.29, 0.717) is 9.88 Å². The van der Waals surface area contributed by atoms with E-state index in [4.69, 9.17) is 5.26 Å². The van der Waals surface area contributed by atoms with Crippen molar-refractivity contribution in [1.82, 2.24) is 4.98 Å². The summed E-state index contributed by atoms with van der Waals surface area (Å²) in [5.41, 5.74) is 0.836. The third kappa shape index (κ3) is 2.46. The lowest BCUT2D eigenvalue weighted by molar-refractivity contribution is 0.0982. The molecule has 2 aromatic rings. The van der Waals surface area contributed by atoms with Gasteiger partial charge in [-0.15, -0.1) is 22.7 Å². The standard InChI is InChI=1S/C11H7BrN2OS2/c1-6-5-17-11(14-6)7(4-13)9(15)10-8(12)2-3-16-10/h2-3,5,7H,1H3/t7-/m0/s1. The van der Waals surface area contributed by atoms with Gasteiger partial charge < -0.3 is 0 Å². The molecule has 0 radical (unpaired) electrons. The Labute approximate surface area is 115 Å². The minimum absolute atomic E-state index is 0.191. The van der Waals surface area contributed by atoms with Gasteiger partial charge in [-0.3, -0.25) is 4.79 Å². The quantitative estimate of drug-likeness (QED) is 0.807. The maximum Gasteiger partial charge on any atom is 0.197 e. The number of hydrogen-bond acceptors (Lipinski definition) is 5. The highest BCUT2D eigenvalue weighted by Gasteiger charge is 2.26. The largest absolute Gasteiger partial charge is 0.291 e. The normalized spacial score (nSPS) is 12.1. The first-order valence-electron chi connectivity index (χ1n) is 4.72.